The van der Waals surface area contributed by atoms with Crippen molar-refractivity contribution in [2.75, 3.05) is 25.6 Å². The van der Waals surface area contributed by atoms with Crippen molar-refractivity contribution in [3.63, 3.8) is 0 Å². The number of carbonyl (C=O) groups excluding carboxylic acids is 3. The number of anilines is 1. The minimum Gasteiger partial charge on any atom is -0.382 e. The number of rotatable bonds is 10. The molecule has 4 amide bonds. The van der Waals surface area contributed by atoms with E-state index < -0.39 is 48.7 Å². The molecule has 1 unspecified atom stereocenters. The van der Waals surface area contributed by atoms with E-state index in [-0.39, 0.29) is 23.9 Å². The number of alkyl halides is 3. The van der Waals surface area contributed by atoms with E-state index in [1.165, 1.54) is 25.6 Å². The standard InChI is InChI=1S/C26H31F3N6O5/c1-3-19-17(10-31-40-19)23(36)34-22(16-7-14-6-15(14)8-16)24(37)33-21-9-13(4-5-30-21)18(12-39-2)35-11-20(26(27,28)29)32-25(35)38/h4-5,9-10,14-16,18,20,22H,3,6-8,11-12H2,1-2H3,(H,32,38)(H,34,36)(H,30,33,37)/t14-,15+,16?,18-,20+,22+/m1/s1. The number of nitrogens with zero attached hydrogens (tertiary/aromatic N) is 3. The quantitative estimate of drug-likeness (QED) is 0.403. The molecule has 0 radical (unpaired) electrons. The van der Waals surface area contributed by atoms with Crippen LogP contribution in [0, 0.1) is 17.8 Å². The number of hydrogen-bond acceptors (Lipinski definition) is 7. The van der Waals surface area contributed by atoms with Gasteiger partial charge in [-0.2, -0.15) is 13.2 Å². The van der Waals surface area contributed by atoms with Crippen molar-refractivity contribution in [1.29, 1.82) is 0 Å². The molecule has 2 aromatic rings. The number of aryl methyl sites for hydroxylation is 1. The minimum absolute atomic E-state index is 0.0605. The molecule has 40 heavy (non-hydrogen) atoms. The van der Waals surface area contributed by atoms with Gasteiger partial charge in [-0.05, 0) is 54.7 Å². The van der Waals surface area contributed by atoms with Crippen LogP contribution in [0.5, 0.6) is 0 Å². The normalized spacial score (nSPS) is 25.2. The predicted molar refractivity (Wildman–Crippen MR) is 134 cm³/mol. The van der Waals surface area contributed by atoms with Gasteiger partial charge in [-0.25, -0.2) is 9.78 Å². The predicted octanol–water partition coefficient (Wildman–Crippen LogP) is 3.06. The van der Waals surface area contributed by atoms with Crippen molar-refractivity contribution in [3.8, 4) is 0 Å². The smallest absolute Gasteiger partial charge is 0.382 e. The van der Waals surface area contributed by atoms with E-state index in [2.05, 4.69) is 20.8 Å². The molecule has 3 heterocycles. The highest BCUT2D eigenvalue weighted by Crippen LogP contribution is 2.55. The molecular weight excluding hydrogens is 533 g/mol. The van der Waals surface area contributed by atoms with Gasteiger partial charge in [0.25, 0.3) is 5.91 Å². The lowest BCUT2D eigenvalue weighted by molar-refractivity contribution is -0.150. The largest absolute Gasteiger partial charge is 0.410 e. The van der Waals surface area contributed by atoms with Crippen molar-refractivity contribution in [2.24, 2.45) is 17.8 Å². The van der Waals surface area contributed by atoms with Crippen LogP contribution in [0.1, 0.15) is 53.9 Å². The van der Waals surface area contributed by atoms with E-state index >= 15 is 0 Å². The number of hydrogen-bond donors (Lipinski definition) is 3. The Morgan fingerprint density at radius 2 is 2.02 bits per heavy atom. The van der Waals surface area contributed by atoms with Gasteiger partial charge in [0.1, 0.15) is 29.2 Å². The molecule has 216 valence electrons. The first kappa shape index (κ1) is 27.9. The van der Waals surface area contributed by atoms with Crippen LogP contribution in [0.15, 0.2) is 29.0 Å². The number of halogens is 3. The van der Waals surface area contributed by atoms with Crippen LogP contribution < -0.4 is 16.0 Å². The molecule has 5 rings (SSSR count). The van der Waals surface area contributed by atoms with Crippen LogP contribution >= 0.6 is 0 Å². The number of nitrogens with one attached hydrogen (secondary N) is 3. The van der Waals surface area contributed by atoms with Gasteiger partial charge >= 0.3 is 12.2 Å². The molecule has 0 aromatic carbocycles. The third-order valence-electron chi connectivity index (χ3n) is 7.99. The summed E-state index contributed by atoms with van der Waals surface area (Å²) in [5.41, 5.74) is 0.705. The number of pyridine rings is 1. The number of aromatic nitrogens is 2. The van der Waals surface area contributed by atoms with Gasteiger partial charge in [-0.1, -0.05) is 12.1 Å². The molecule has 14 heteroatoms. The molecule has 2 aromatic heterocycles. The summed E-state index contributed by atoms with van der Waals surface area (Å²) in [4.78, 5) is 44.2. The van der Waals surface area contributed by atoms with E-state index in [0.29, 0.717) is 29.6 Å². The average Bonchev–Trinajstić information content (AvgIpc) is 3.27. The summed E-state index contributed by atoms with van der Waals surface area (Å²) in [5.74, 6) is 0.693. The summed E-state index contributed by atoms with van der Waals surface area (Å²) in [5, 5.41) is 11.3. The molecule has 2 aliphatic carbocycles. The Kier molecular flexibility index (Phi) is 7.71. The molecular formula is C26H31F3N6O5. The first-order valence-electron chi connectivity index (χ1n) is 13.2. The molecule has 11 nitrogen and oxygen atoms in total. The van der Waals surface area contributed by atoms with Crippen LogP contribution in [0.4, 0.5) is 23.8 Å². The van der Waals surface area contributed by atoms with E-state index in [1.54, 1.807) is 6.07 Å². The lowest BCUT2D eigenvalue weighted by Crippen LogP contribution is -2.48. The topological polar surface area (TPSA) is 139 Å². The second-order valence-electron chi connectivity index (χ2n) is 10.6. The lowest BCUT2D eigenvalue weighted by Gasteiger charge is -2.27. The summed E-state index contributed by atoms with van der Waals surface area (Å²) in [6.45, 7) is 1.18. The number of fused-ring (bicyclic) bond motifs is 1. The van der Waals surface area contributed by atoms with E-state index in [4.69, 9.17) is 9.26 Å². The zero-order chi connectivity index (χ0) is 28.6. The van der Waals surface area contributed by atoms with E-state index in [0.717, 1.165) is 24.2 Å². The highest BCUT2D eigenvalue weighted by atomic mass is 19.4. The molecule has 6 atom stereocenters. The minimum atomic E-state index is -4.59. The Morgan fingerprint density at radius 3 is 2.67 bits per heavy atom. The molecule has 1 saturated heterocycles. The Hall–Kier alpha value is -3.68. The van der Waals surface area contributed by atoms with E-state index in [1.807, 2.05) is 12.2 Å². The van der Waals surface area contributed by atoms with Gasteiger partial charge in [0, 0.05) is 19.7 Å². The summed E-state index contributed by atoms with van der Waals surface area (Å²) < 4.78 is 50.1. The fraction of sp³-hybridized carbons (Fsp3) is 0.577. The maximum atomic E-state index is 13.5. The summed E-state index contributed by atoms with van der Waals surface area (Å²) in [6, 6.07) is -1.51. The zero-order valence-corrected chi connectivity index (χ0v) is 22.0. The van der Waals surface area contributed by atoms with E-state index in [9.17, 15) is 27.6 Å². The van der Waals surface area contributed by atoms with Gasteiger partial charge in [0.05, 0.1) is 25.4 Å². The molecule has 0 bridgehead atoms. The molecule has 0 spiro atoms. The summed E-state index contributed by atoms with van der Waals surface area (Å²) >= 11 is 0. The van der Waals surface area contributed by atoms with Crippen molar-refractivity contribution in [3.05, 3.63) is 41.4 Å². The number of urea groups is 1. The Balaban J connectivity index is 1.33. The highest BCUT2D eigenvalue weighted by Gasteiger charge is 2.50. The Bertz CT molecular complexity index is 1260. The van der Waals surface area contributed by atoms with Crippen molar-refractivity contribution >= 4 is 23.7 Å². The average molecular weight is 565 g/mol. The monoisotopic (exact) mass is 564 g/mol. The second-order valence-corrected chi connectivity index (χ2v) is 10.6. The fourth-order valence-electron chi connectivity index (χ4n) is 5.82. The van der Waals surface area contributed by atoms with Crippen LogP contribution in [0.2, 0.25) is 0 Å². The molecule has 3 N–H and O–H groups in total. The van der Waals surface area contributed by atoms with Crippen LogP contribution in [0.3, 0.4) is 0 Å². The first-order valence-corrected chi connectivity index (χ1v) is 13.2. The summed E-state index contributed by atoms with van der Waals surface area (Å²) in [7, 11) is 1.38. The number of ether oxygens (including phenoxy) is 1. The SMILES string of the molecule is CCc1oncc1C(=O)N[C@H](C(=O)Nc1cc([C@@H](COC)N2C[C@@H](C(F)(F)F)NC2=O)ccn1)C1C[C@@H]2C[C@@H]2C1. The van der Waals surface area contributed by atoms with Crippen LogP contribution in [-0.4, -0.2) is 71.4 Å². The zero-order valence-electron chi connectivity index (χ0n) is 22.0. The molecule has 3 fully saturated rings. The number of methoxy groups -OCH3 is 1. The Labute approximate surface area is 228 Å². The third-order valence-corrected chi connectivity index (χ3v) is 7.99. The van der Waals surface area contributed by atoms with Gasteiger partial charge in [0.15, 0.2) is 0 Å². The van der Waals surface area contributed by atoms with Gasteiger partial charge in [0.2, 0.25) is 5.91 Å². The third kappa shape index (κ3) is 5.76. The van der Waals surface area contributed by atoms with Gasteiger partial charge in [-0.15, -0.1) is 0 Å². The molecule has 2 saturated carbocycles. The van der Waals surface area contributed by atoms with Crippen molar-refractivity contribution in [2.45, 2.75) is 56.9 Å². The summed E-state index contributed by atoms with van der Waals surface area (Å²) in [6.07, 6.45) is 1.37. The second kappa shape index (κ2) is 11.1. The van der Waals surface area contributed by atoms with Crippen molar-refractivity contribution < 1.29 is 36.8 Å². The van der Waals surface area contributed by atoms with Crippen molar-refractivity contribution in [1.82, 2.24) is 25.7 Å². The van der Waals surface area contributed by atoms with Crippen LogP contribution in [0.25, 0.3) is 0 Å². The molecule has 3 aliphatic rings. The highest BCUT2D eigenvalue weighted by molar-refractivity contribution is 6.01. The lowest BCUT2D eigenvalue weighted by atomic mass is 9.93. The van der Waals surface area contributed by atoms with Gasteiger partial charge in [-0.3, -0.25) is 9.59 Å². The first-order chi connectivity index (χ1) is 19.1. The van der Waals surface area contributed by atoms with Crippen LogP contribution in [-0.2, 0) is 16.0 Å². The van der Waals surface area contributed by atoms with Gasteiger partial charge < -0.3 is 30.1 Å². The maximum Gasteiger partial charge on any atom is 0.410 e. The number of amides is 4. The Morgan fingerprint density at radius 1 is 1.27 bits per heavy atom. The fourth-order valence-corrected chi connectivity index (χ4v) is 5.82. The number of carbonyl (C=O) groups is 3. The maximum absolute atomic E-state index is 13.5. The molecule has 1 aliphatic heterocycles.